The number of unbranched alkanes of at least 4 members (excludes halogenated alkanes) is 1. The first-order valence-electron chi connectivity index (χ1n) is 9.76. The van der Waals surface area contributed by atoms with E-state index in [1.54, 1.807) is 23.5 Å². The van der Waals surface area contributed by atoms with E-state index in [4.69, 9.17) is 15.2 Å². The van der Waals surface area contributed by atoms with Crippen molar-refractivity contribution in [1.29, 1.82) is 0 Å². The number of nitrogens with two attached hydrogens (primary N) is 1. The van der Waals surface area contributed by atoms with Crippen LogP contribution in [0.25, 0.3) is 0 Å². The Morgan fingerprint density at radius 1 is 1.14 bits per heavy atom. The zero-order chi connectivity index (χ0) is 21.2. The van der Waals surface area contributed by atoms with Crippen LogP contribution in [0, 0.1) is 0 Å². The van der Waals surface area contributed by atoms with Crippen molar-refractivity contribution < 1.29 is 19.1 Å². The average molecular weight is 417 g/mol. The quantitative estimate of drug-likeness (QED) is 0.495. The molecule has 1 aromatic carbocycles. The number of aryl methyl sites for hydroxylation is 1. The standard InChI is InChI=1S/C22H28N2O4S/c1-14(22(2,23)12-6-5-8-15-9-7-13-29-15)24-20(25)16-10-11-17(27-3)19(28-4)18(16)21(24)26/h7,9-11,13-14H,5-6,8,12,23H2,1-4H3. The normalized spacial score (nSPS) is 16.5. The Morgan fingerprint density at radius 3 is 2.52 bits per heavy atom. The first kappa shape index (κ1) is 21.3. The van der Waals surface area contributed by atoms with Crippen molar-refractivity contribution in [3.05, 3.63) is 45.6 Å². The van der Waals surface area contributed by atoms with Crippen LogP contribution in [0.5, 0.6) is 11.5 Å². The van der Waals surface area contributed by atoms with E-state index in [0.717, 1.165) is 19.3 Å². The van der Waals surface area contributed by atoms with E-state index in [1.165, 1.54) is 24.0 Å². The van der Waals surface area contributed by atoms with Crippen LogP contribution < -0.4 is 15.2 Å². The molecule has 0 bridgehead atoms. The number of methoxy groups -OCH3 is 2. The Kier molecular flexibility index (Phi) is 6.29. The minimum Gasteiger partial charge on any atom is -0.493 e. The molecule has 1 aromatic heterocycles. The summed E-state index contributed by atoms with van der Waals surface area (Å²) in [5, 5.41) is 2.08. The molecule has 1 aliphatic rings. The predicted molar refractivity (Wildman–Crippen MR) is 114 cm³/mol. The van der Waals surface area contributed by atoms with Crippen molar-refractivity contribution in [3.8, 4) is 11.5 Å². The summed E-state index contributed by atoms with van der Waals surface area (Å²) in [7, 11) is 2.96. The predicted octanol–water partition coefficient (Wildman–Crippen LogP) is 3.88. The molecule has 0 aliphatic carbocycles. The molecular weight excluding hydrogens is 388 g/mol. The third kappa shape index (κ3) is 4.02. The summed E-state index contributed by atoms with van der Waals surface area (Å²) >= 11 is 1.76. The molecule has 6 nitrogen and oxygen atoms in total. The number of benzene rings is 1. The number of imide groups is 1. The number of carbonyl (C=O) groups is 2. The van der Waals surface area contributed by atoms with E-state index >= 15 is 0 Å². The van der Waals surface area contributed by atoms with Crippen molar-refractivity contribution >= 4 is 23.2 Å². The highest BCUT2D eigenvalue weighted by Gasteiger charge is 2.45. The van der Waals surface area contributed by atoms with Gasteiger partial charge in [-0.3, -0.25) is 14.5 Å². The minimum absolute atomic E-state index is 0.247. The molecule has 0 spiro atoms. The lowest BCUT2D eigenvalue weighted by molar-refractivity contribution is 0.0519. The summed E-state index contributed by atoms with van der Waals surface area (Å²) in [6.07, 6.45) is 3.68. The van der Waals surface area contributed by atoms with Crippen molar-refractivity contribution in [2.45, 2.75) is 51.1 Å². The molecule has 1 aliphatic heterocycles. The summed E-state index contributed by atoms with van der Waals surface area (Å²) in [6.45, 7) is 3.74. The molecular formula is C22H28N2O4S. The van der Waals surface area contributed by atoms with Gasteiger partial charge >= 0.3 is 0 Å². The number of fused-ring (bicyclic) bond motifs is 1. The van der Waals surface area contributed by atoms with Crippen LogP contribution >= 0.6 is 11.3 Å². The van der Waals surface area contributed by atoms with Crippen molar-refractivity contribution in [2.75, 3.05) is 14.2 Å². The van der Waals surface area contributed by atoms with Gasteiger partial charge in [0.1, 0.15) is 0 Å². The maximum Gasteiger partial charge on any atom is 0.265 e. The summed E-state index contributed by atoms with van der Waals surface area (Å²) in [4.78, 5) is 28.8. The Labute approximate surface area is 175 Å². The van der Waals surface area contributed by atoms with Crippen LogP contribution in [-0.4, -0.2) is 42.5 Å². The van der Waals surface area contributed by atoms with E-state index in [1.807, 2.05) is 13.8 Å². The van der Waals surface area contributed by atoms with Gasteiger partial charge in [-0.05, 0) is 56.7 Å². The van der Waals surface area contributed by atoms with Crippen molar-refractivity contribution in [3.63, 3.8) is 0 Å². The number of thiophene rings is 1. The lowest BCUT2D eigenvalue weighted by Crippen LogP contribution is -2.56. The zero-order valence-electron chi connectivity index (χ0n) is 17.4. The van der Waals surface area contributed by atoms with Gasteiger partial charge in [0.05, 0.1) is 31.4 Å². The highest BCUT2D eigenvalue weighted by atomic mass is 32.1. The molecule has 2 unspecified atom stereocenters. The van der Waals surface area contributed by atoms with Gasteiger partial charge in [0.2, 0.25) is 0 Å². The smallest absolute Gasteiger partial charge is 0.265 e. The van der Waals surface area contributed by atoms with E-state index in [0.29, 0.717) is 17.7 Å². The number of ether oxygens (including phenoxy) is 2. The second-order valence-electron chi connectivity index (χ2n) is 7.67. The molecule has 29 heavy (non-hydrogen) atoms. The van der Waals surface area contributed by atoms with E-state index in [2.05, 4.69) is 17.5 Å². The maximum atomic E-state index is 13.1. The van der Waals surface area contributed by atoms with Crippen LogP contribution in [-0.2, 0) is 6.42 Å². The maximum absolute atomic E-state index is 13.1. The number of rotatable bonds is 9. The van der Waals surface area contributed by atoms with E-state index in [9.17, 15) is 9.59 Å². The first-order valence-corrected chi connectivity index (χ1v) is 10.6. The first-order chi connectivity index (χ1) is 13.8. The number of hydrogen-bond donors (Lipinski definition) is 1. The van der Waals surface area contributed by atoms with Gasteiger partial charge in [-0.25, -0.2) is 0 Å². The Bertz CT molecular complexity index is 892. The number of amides is 2. The zero-order valence-corrected chi connectivity index (χ0v) is 18.2. The Balaban J connectivity index is 1.73. The molecule has 0 radical (unpaired) electrons. The summed E-state index contributed by atoms with van der Waals surface area (Å²) in [5.74, 6) is -0.0177. The Morgan fingerprint density at radius 2 is 1.90 bits per heavy atom. The summed E-state index contributed by atoms with van der Waals surface area (Å²) in [6, 6.07) is 6.99. The topological polar surface area (TPSA) is 81.9 Å². The fourth-order valence-electron chi connectivity index (χ4n) is 3.78. The Hall–Kier alpha value is -2.38. The van der Waals surface area contributed by atoms with E-state index < -0.39 is 11.6 Å². The van der Waals surface area contributed by atoms with Gasteiger partial charge in [-0.1, -0.05) is 12.5 Å². The SMILES string of the molecule is COc1ccc2c(c1OC)C(=O)N(C(C)C(C)(N)CCCCc1cccs1)C2=O. The third-order valence-corrected chi connectivity index (χ3v) is 6.67. The minimum atomic E-state index is -0.694. The molecule has 3 rings (SSSR count). The molecule has 2 atom stereocenters. The van der Waals surface area contributed by atoms with Crippen LogP contribution in [0.1, 0.15) is 58.7 Å². The summed E-state index contributed by atoms with van der Waals surface area (Å²) in [5.41, 5.74) is 6.47. The van der Waals surface area contributed by atoms with Crippen molar-refractivity contribution in [1.82, 2.24) is 4.90 Å². The molecule has 2 N–H and O–H groups in total. The molecule has 2 amide bonds. The lowest BCUT2D eigenvalue weighted by atomic mass is 9.87. The number of nitrogens with zero attached hydrogens (tertiary/aromatic N) is 1. The molecule has 2 aromatic rings. The monoisotopic (exact) mass is 416 g/mol. The number of carbonyl (C=O) groups excluding carboxylic acids is 2. The molecule has 156 valence electrons. The van der Waals surface area contributed by atoms with Crippen molar-refractivity contribution in [2.24, 2.45) is 5.73 Å². The molecule has 0 saturated carbocycles. The molecule has 0 fully saturated rings. The van der Waals surface area contributed by atoms with Gasteiger partial charge in [0.15, 0.2) is 11.5 Å². The van der Waals surface area contributed by atoms with Gasteiger partial charge in [-0.15, -0.1) is 11.3 Å². The highest BCUT2D eigenvalue weighted by molar-refractivity contribution is 7.09. The van der Waals surface area contributed by atoms with Gasteiger partial charge in [-0.2, -0.15) is 0 Å². The van der Waals surface area contributed by atoms with Gasteiger partial charge < -0.3 is 15.2 Å². The second-order valence-corrected chi connectivity index (χ2v) is 8.70. The van der Waals surface area contributed by atoms with Gasteiger partial charge in [0, 0.05) is 10.4 Å². The molecule has 2 heterocycles. The third-order valence-electron chi connectivity index (χ3n) is 5.74. The van der Waals surface area contributed by atoms with E-state index in [-0.39, 0.29) is 23.1 Å². The highest BCUT2D eigenvalue weighted by Crippen LogP contribution is 2.40. The van der Waals surface area contributed by atoms with Crippen LogP contribution in [0.3, 0.4) is 0 Å². The number of hydrogen-bond acceptors (Lipinski definition) is 6. The lowest BCUT2D eigenvalue weighted by Gasteiger charge is -2.36. The summed E-state index contributed by atoms with van der Waals surface area (Å²) < 4.78 is 10.6. The van der Waals surface area contributed by atoms with Crippen LogP contribution in [0.4, 0.5) is 0 Å². The molecule has 0 saturated heterocycles. The van der Waals surface area contributed by atoms with Gasteiger partial charge in [0.25, 0.3) is 11.8 Å². The van der Waals surface area contributed by atoms with Crippen LogP contribution in [0.15, 0.2) is 29.6 Å². The fraction of sp³-hybridized carbons (Fsp3) is 0.455. The fourth-order valence-corrected chi connectivity index (χ4v) is 4.53. The average Bonchev–Trinajstić information content (AvgIpc) is 3.31. The largest absolute Gasteiger partial charge is 0.493 e. The molecule has 7 heteroatoms. The van der Waals surface area contributed by atoms with Crippen LogP contribution in [0.2, 0.25) is 0 Å². The second kappa shape index (κ2) is 8.55.